The van der Waals surface area contributed by atoms with E-state index in [1.54, 1.807) is 20.4 Å². The lowest BCUT2D eigenvalue weighted by molar-refractivity contribution is -0.129. The van der Waals surface area contributed by atoms with Crippen molar-refractivity contribution in [3.63, 3.8) is 0 Å². The maximum atomic E-state index is 12.1. The van der Waals surface area contributed by atoms with E-state index < -0.39 is 5.91 Å². The zero-order valence-electron chi connectivity index (χ0n) is 20.2. The molecule has 0 spiro atoms. The van der Waals surface area contributed by atoms with Gasteiger partial charge in [-0.2, -0.15) is 5.10 Å². The first-order chi connectivity index (χ1) is 16.8. The molecule has 3 aromatic rings. The minimum absolute atomic E-state index is 0.304. The third kappa shape index (κ3) is 6.95. The number of hydrazone groups is 1. The van der Waals surface area contributed by atoms with Gasteiger partial charge in [-0.1, -0.05) is 22.0 Å². The van der Waals surface area contributed by atoms with E-state index in [2.05, 4.69) is 36.3 Å². The summed E-state index contributed by atoms with van der Waals surface area (Å²) in [6, 6.07) is 15.6. The molecule has 0 aliphatic heterocycles. The van der Waals surface area contributed by atoms with Crippen LogP contribution in [0.25, 0.3) is 5.69 Å². The minimum Gasteiger partial charge on any atom is -0.493 e. The van der Waals surface area contributed by atoms with Crippen molar-refractivity contribution >= 4 is 34.0 Å². The molecule has 0 radical (unpaired) electrons. The van der Waals surface area contributed by atoms with Crippen LogP contribution in [0.15, 0.2) is 58.1 Å². The smallest absolute Gasteiger partial charge is 0.249 e. The number of aryl methyl sites for hydroxylation is 1. The largest absolute Gasteiger partial charge is 0.493 e. The number of nitrogens with zero attached hydrogens (tertiary/aromatic N) is 2. The van der Waals surface area contributed by atoms with Crippen LogP contribution >= 0.6 is 15.9 Å². The lowest BCUT2D eigenvalue weighted by atomic mass is 10.1. The Morgan fingerprint density at radius 1 is 1.00 bits per heavy atom. The van der Waals surface area contributed by atoms with Crippen molar-refractivity contribution in [1.29, 1.82) is 0 Å². The summed E-state index contributed by atoms with van der Waals surface area (Å²) in [7, 11) is 3.15. The number of rotatable bonds is 10. The van der Waals surface area contributed by atoms with E-state index in [0.717, 1.165) is 32.7 Å². The lowest BCUT2D eigenvalue weighted by Crippen LogP contribution is -2.31. The molecule has 2 amide bonds. The molecule has 0 bridgehead atoms. The van der Waals surface area contributed by atoms with Gasteiger partial charge in [0.2, 0.25) is 11.8 Å². The average molecular weight is 541 g/mol. The van der Waals surface area contributed by atoms with Crippen molar-refractivity contribution in [2.45, 2.75) is 26.7 Å². The molecule has 2 N–H and O–H groups in total. The van der Waals surface area contributed by atoms with Gasteiger partial charge in [0, 0.05) is 33.7 Å². The molecule has 0 unspecified atom stereocenters. The summed E-state index contributed by atoms with van der Waals surface area (Å²) in [5.74, 6) is 0.428. The average Bonchev–Trinajstić information content (AvgIpc) is 3.12. The Kier molecular flexibility index (Phi) is 9.08. The quantitative estimate of drug-likeness (QED) is 0.230. The van der Waals surface area contributed by atoms with Gasteiger partial charge in [-0.15, -0.1) is 0 Å². The van der Waals surface area contributed by atoms with Crippen LogP contribution in [0.3, 0.4) is 0 Å². The molecule has 3 rings (SSSR count). The highest BCUT2D eigenvalue weighted by Crippen LogP contribution is 2.27. The van der Waals surface area contributed by atoms with Gasteiger partial charge in [0.1, 0.15) is 6.42 Å². The highest BCUT2D eigenvalue weighted by Gasteiger charge is 2.11. The van der Waals surface area contributed by atoms with Crippen LogP contribution in [-0.4, -0.2) is 43.4 Å². The van der Waals surface area contributed by atoms with E-state index in [1.165, 1.54) is 0 Å². The standard InChI is InChI=1S/C26H29BrN4O4/c1-17-13-20(18(2)31(17)22-8-6-21(27)7-9-22)16-29-30-26(33)15-25(32)28-12-11-19-5-10-23(34-3)24(14-19)35-4/h5-10,13-14,16H,11-12,15H2,1-4H3,(H,28,32)(H,30,33)/b29-16+. The molecule has 0 atom stereocenters. The van der Waals surface area contributed by atoms with Gasteiger partial charge in [0.05, 0.1) is 20.4 Å². The fraction of sp³-hybridized carbons (Fsp3) is 0.269. The first-order valence-corrected chi connectivity index (χ1v) is 11.9. The summed E-state index contributed by atoms with van der Waals surface area (Å²) >= 11 is 3.45. The first-order valence-electron chi connectivity index (χ1n) is 11.1. The molecule has 8 nitrogen and oxygen atoms in total. The minimum atomic E-state index is -0.480. The van der Waals surface area contributed by atoms with E-state index in [0.29, 0.717) is 24.5 Å². The zero-order chi connectivity index (χ0) is 25.4. The van der Waals surface area contributed by atoms with Crippen molar-refractivity contribution in [3.8, 4) is 17.2 Å². The molecular formula is C26H29BrN4O4. The maximum absolute atomic E-state index is 12.1. The maximum Gasteiger partial charge on any atom is 0.249 e. The molecule has 1 heterocycles. The Morgan fingerprint density at radius 2 is 1.71 bits per heavy atom. The number of aromatic nitrogens is 1. The number of methoxy groups -OCH3 is 2. The Balaban J connectivity index is 1.48. The molecule has 0 saturated heterocycles. The van der Waals surface area contributed by atoms with E-state index in [1.807, 2.05) is 62.4 Å². The van der Waals surface area contributed by atoms with Crippen molar-refractivity contribution < 1.29 is 19.1 Å². The van der Waals surface area contributed by atoms with Gasteiger partial charge >= 0.3 is 0 Å². The Labute approximate surface area is 213 Å². The molecular weight excluding hydrogens is 512 g/mol. The van der Waals surface area contributed by atoms with Crippen LogP contribution in [0.1, 0.15) is 28.9 Å². The van der Waals surface area contributed by atoms with Crippen molar-refractivity contribution in [3.05, 3.63) is 75.5 Å². The van der Waals surface area contributed by atoms with Gasteiger partial charge in [0.15, 0.2) is 11.5 Å². The van der Waals surface area contributed by atoms with Crippen LogP contribution < -0.4 is 20.2 Å². The van der Waals surface area contributed by atoms with Gasteiger partial charge in [0.25, 0.3) is 0 Å². The Morgan fingerprint density at radius 3 is 2.40 bits per heavy atom. The number of amides is 2. The van der Waals surface area contributed by atoms with Gasteiger partial charge in [-0.05, 0) is 68.3 Å². The zero-order valence-corrected chi connectivity index (χ0v) is 21.8. The highest BCUT2D eigenvalue weighted by molar-refractivity contribution is 9.10. The topological polar surface area (TPSA) is 94.0 Å². The van der Waals surface area contributed by atoms with Crippen LogP contribution in [0.5, 0.6) is 11.5 Å². The predicted octanol–water partition coefficient (Wildman–Crippen LogP) is 4.07. The highest BCUT2D eigenvalue weighted by atomic mass is 79.9. The second-order valence-corrected chi connectivity index (χ2v) is 8.81. The van der Waals surface area contributed by atoms with Crippen LogP contribution in [-0.2, 0) is 16.0 Å². The Hall–Kier alpha value is -3.59. The van der Waals surface area contributed by atoms with Crippen LogP contribution in [0.4, 0.5) is 0 Å². The summed E-state index contributed by atoms with van der Waals surface area (Å²) in [5.41, 5.74) is 7.37. The molecule has 35 heavy (non-hydrogen) atoms. The normalized spacial score (nSPS) is 10.9. The van der Waals surface area contributed by atoms with E-state index in [-0.39, 0.29) is 12.3 Å². The van der Waals surface area contributed by atoms with Crippen LogP contribution in [0, 0.1) is 13.8 Å². The fourth-order valence-electron chi connectivity index (χ4n) is 3.71. The number of carbonyl (C=O) groups excluding carboxylic acids is 2. The molecule has 0 saturated carbocycles. The summed E-state index contributed by atoms with van der Waals surface area (Å²) in [4.78, 5) is 24.2. The van der Waals surface area contributed by atoms with Gasteiger partial charge in [-0.3, -0.25) is 9.59 Å². The van der Waals surface area contributed by atoms with Gasteiger partial charge in [-0.25, -0.2) is 5.43 Å². The number of hydrogen-bond acceptors (Lipinski definition) is 5. The molecule has 0 aliphatic rings. The van der Waals surface area contributed by atoms with Crippen molar-refractivity contribution in [1.82, 2.24) is 15.3 Å². The lowest BCUT2D eigenvalue weighted by Gasteiger charge is -2.10. The number of carbonyl (C=O) groups is 2. The molecule has 0 aliphatic carbocycles. The van der Waals surface area contributed by atoms with Crippen LogP contribution in [0.2, 0.25) is 0 Å². The fourth-order valence-corrected chi connectivity index (χ4v) is 3.97. The summed E-state index contributed by atoms with van der Waals surface area (Å²) < 4.78 is 13.6. The third-order valence-corrected chi connectivity index (χ3v) is 5.98. The van der Waals surface area contributed by atoms with E-state index >= 15 is 0 Å². The number of hydrogen-bond donors (Lipinski definition) is 2. The monoisotopic (exact) mass is 540 g/mol. The van der Waals surface area contributed by atoms with E-state index in [9.17, 15) is 9.59 Å². The number of halogens is 1. The summed E-state index contributed by atoms with van der Waals surface area (Å²) in [6.45, 7) is 4.40. The number of benzene rings is 2. The summed E-state index contributed by atoms with van der Waals surface area (Å²) in [5, 5.41) is 6.78. The SMILES string of the molecule is COc1ccc(CCNC(=O)CC(=O)N/N=C/c2cc(C)n(-c3ccc(Br)cc3)c2C)cc1OC. The number of ether oxygens (including phenoxy) is 2. The predicted molar refractivity (Wildman–Crippen MR) is 140 cm³/mol. The third-order valence-electron chi connectivity index (χ3n) is 5.45. The van der Waals surface area contributed by atoms with Crippen molar-refractivity contribution in [2.24, 2.45) is 5.10 Å². The number of nitrogens with one attached hydrogen (secondary N) is 2. The Bertz CT molecular complexity index is 1220. The molecule has 1 aromatic heterocycles. The molecule has 2 aromatic carbocycles. The molecule has 9 heteroatoms. The second kappa shape index (κ2) is 12.2. The first kappa shape index (κ1) is 26.0. The molecule has 184 valence electrons. The molecule has 0 fully saturated rings. The van der Waals surface area contributed by atoms with E-state index in [4.69, 9.17) is 9.47 Å². The second-order valence-electron chi connectivity index (χ2n) is 7.90. The van der Waals surface area contributed by atoms with Gasteiger partial charge < -0.3 is 19.4 Å². The summed E-state index contributed by atoms with van der Waals surface area (Å²) in [6.07, 6.45) is 1.88. The van der Waals surface area contributed by atoms with Crippen molar-refractivity contribution in [2.75, 3.05) is 20.8 Å².